The fraction of sp³-hybridized carbons (Fsp3) is 0.0526. The molecule has 2 aromatic carbocycles. The molecule has 1 aromatic heterocycles. The Bertz CT molecular complexity index is 993. The summed E-state index contributed by atoms with van der Waals surface area (Å²) in [6.45, 7) is 0. The number of furan rings is 1. The third kappa shape index (κ3) is 4.37. The van der Waals surface area contributed by atoms with Crippen LogP contribution in [0.5, 0.6) is 5.75 Å². The van der Waals surface area contributed by atoms with Crippen molar-refractivity contribution in [2.45, 2.75) is 0 Å². The molecule has 0 spiro atoms. The number of rotatable bonds is 6. The summed E-state index contributed by atoms with van der Waals surface area (Å²) in [5.41, 5.74) is 3.39. The Hall–Kier alpha value is -3.94. The summed E-state index contributed by atoms with van der Waals surface area (Å²) in [5, 5.41) is 14.7. The van der Waals surface area contributed by atoms with Gasteiger partial charge in [-0.15, -0.1) is 0 Å². The molecule has 0 atom stereocenters. The summed E-state index contributed by atoms with van der Waals surface area (Å²) in [4.78, 5) is 22.4. The SMILES string of the molecule is COc1ccc(C(=O)N/N=C/c2ccc(-c3cccc([N+](=O)[O-])c3)o2)cc1. The van der Waals surface area contributed by atoms with E-state index in [4.69, 9.17) is 9.15 Å². The van der Waals surface area contributed by atoms with Crippen molar-refractivity contribution in [1.29, 1.82) is 0 Å². The van der Waals surface area contributed by atoms with Gasteiger partial charge in [-0.2, -0.15) is 5.10 Å². The van der Waals surface area contributed by atoms with Crippen molar-refractivity contribution in [3.05, 3.63) is 82.1 Å². The molecule has 136 valence electrons. The smallest absolute Gasteiger partial charge is 0.271 e. The zero-order valence-electron chi connectivity index (χ0n) is 14.3. The average molecular weight is 365 g/mol. The quantitative estimate of drug-likeness (QED) is 0.408. The summed E-state index contributed by atoms with van der Waals surface area (Å²) in [5.74, 6) is 1.13. The van der Waals surface area contributed by atoms with Gasteiger partial charge in [0.05, 0.1) is 18.2 Å². The molecule has 3 aromatic rings. The predicted molar refractivity (Wildman–Crippen MR) is 98.9 cm³/mol. The minimum absolute atomic E-state index is 0.0223. The van der Waals surface area contributed by atoms with Gasteiger partial charge in [-0.05, 0) is 36.4 Å². The first-order valence-corrected chi connectivity index (χ1v) is 7.89. The fourth-order valence-corrected chi connectivity index (χ4v) is 2.31. The Balaban J connectivity index is 1.65. The highest BCUT2D eigenvalue weighted by Crippen LogP contribution is 2.25. The summed E-state index contributed by atoms with van der Waals surface area (Å²) >= 11 is 0. The lowest BCUT2D eigenvalue weighted by Crippen LogP contribution is -2.17. The van der Waals surface area contributed by atoms with Crippen LogP contribution in [0.25, 0.3) is 11.3 Å². The number of nitro benzene ring substituents is 1. The Labute approximate surface area is 154 Å². The number of nitrogens with zero attached hydrogens (tertiary/aromatic N) is 2. The van der Waals surface area contributed by atoms with E-state index in [1.54, 1.807) is 55.6 Å². The van der Waals surface area contributed by atoms with Crippen LogP contribution in [0.4, 0.5) is 5.69 Å². The molecule has 1 N–H and O–H groups in total. The number of methoxy groups -OCH3 is 1. The van der Waals surface area contributed by atoms with Crippen molar-refractivity contribution in [1.82, 2.24) is 5.43 Å². The van der Waals surface area contributed by atoms with E-state index >= 15 is 0 Å². The molecule has 0 saturated heterocycles. The van der Waals surface area contributed by atoms with Crippen LogP contribution in [-0.2, 0) is 0 Å². The summed E-state index contributed by atoms with van der Waals surface area (Å²) < 4.78 is 10.6. The molecule has 1 amide bonds. The standard InChI is InChI=1S/C19H15N3O5/c1-26-16-7-5-13(6-8-16)19(23)21-20-12-17-9-10-18(27-17)14-3-2-4-15(11-14)22(24)25/h2-12H,1H3,(H,21,23)/b20-12+. The molecule has 0 fully saturated rings. The van der Waals surface area contributed by atoms with Crippen molar-refractivity contribution in [2.24, 2.45) is 5.10 Å². The normalized spacial score (nSPS) is 10.7. The average Bonchev–Trinajstić information content (AvgIpc) is 3.17. The largest absolute Gasteiger partial charge is 0.497 e. The highest BCUT2D eigenvalue weighted by Gasteiger charge is 2.10. The van der Waals surface area contributed by atoms with Gasteiger partial charge in [-0.1, -0.05) is 12.1 Å². The number of hydrazone groups is 1. The van der Waals surface area contributed by atoms with Crippen LogP contribution in [0.15, 0.2) is 70.2 Å². The molecule has 0 aliphatic heterocycles. The van der Waals surface area contributed by atoms with Crippen LogP contribution in [0.2, 0.25) is 0 Å². The second-order valence-electron chi connectivity index (χ2n) is 5.44. The van der Waals surface area contributed by atoms with Gasteiger partial charge in [-0.25, -0.2) is 5.43 Å². The van der Waals surface area contributed by atoms with Gasteiger partial charge >= 0.3 is 0 Å². The maximum atomic E-state index is 12.0. The maximum absolute atomic E-state index is 12.0. The summed E-state index contributed by atoms with van der Waals surface area (Å²) in [7, 11) is 1.55. The van der Waals surface area contributed by atoms with Crippen LogP contribution in [0.3, 0.4) is 0 Å². The minimum Gasteiger partial charge on any atom is -0.497 e. The third-order valence-corrected chi connectivity index (χ3v) is 3.68. The van der Waals surface area contributed by atoms with E-state index in [1.807, 2.05) is 0 Å². The lowest BCUT2D eigenvalue weighted by molar-refractivity contribution is -0.384. The number of non-ortho nitro benzene ring substituents is 1. The molecule has 0 saturated carbocycles. The first-order valence-electron chi connectivity index (χ1n) is 7.89. The van der Waals surface area contributed by atoms with Crippen molar-refractivity contribution in [3.63, 3.8) is 0 Å². The first-order chi connectivity index (χ1) is 13.1. The van der Waals surface area contributed by atoms with Crippen molar-refractivity contribution in [3.8, 4) is 17.1 Å². The van der Waals surface area contributed by atoms with Gasteiger partial charge < -0.3 is 9.15 Å². The van der Waals surface area contributed by atoms with E-state index in [1.165, 1.54) is 18.3 Å². The maximum Gasteiger partial charge on any atom is 0.271 e. The Morgan fingerprint density at radius 2 is 1.96 bits per heavy atom. The van der Waals surface area contributed by atoms with Gasteiger partial charge in [-0.3, -0.25) is 14.9 Å². The van der Waals surface area contributed by atoms with Crippen molar-refractivity contribution in [2.75, 3.05) is 7.11 Å². The molecular weight excluding hydrogens is 350 g/mol. The van der Waals surface area contributed by atoms with E-state index < -0.39 is 4.92 Å². The molecule has 3 rings (SSSR count). The van der Waals surface area contributed by atoms with E-state index in [2.05, 4.69) is 10.5 Å². The second-order valence-corrected chi connectivity index (χ2v) is 5.44. The number of hydrogen-bond acceptors (Lipinski definition) is 6. The Morgan fingerprint density at radius 1 is 1.19 bits per heavy atom. The van der Waals surface area contributed by atoms with Crippen LogP contribution in [-0.4, -0.2) is 24.2 Å². The summed E-state index contributed by atoms with van der Waals surface area (Å²) in [6, 6.07) is 16.0. The number of carbonyl (C=O) groups is 1. The number of nitro groups is 1. The molecule has 1 heterocycles. The highest BCUT2D eigenvalue weighted by atomic mass is 16.6. The minimum atomic E-state index is -0.469. The molecule has 8 heteroatoms. The number of amides is 1. The highest BCUT2D eigenvalue weighted by molar-refractivity contribution is 5.94. The predicted octanol–water partition coefficient (Wildman–Crippen LogP) is 3.63. The zero-order valence-corrected chi connectivity index (χ0v) is 14.3. The van der Waals surface area contributed by atoms with Crippen LogP contribution in [0.1, 0.15) is 16.1 Å². The molecule has 27 heavy (non-hydrogen) atoms. The number of hydrogen-bond donors (Lipinski definition) is 1. The molecule has 0 bridgehead atoms. The molecule has 8 nitrogen and oxygen atoms in total. The Kier molecular flexibility index (Phi) is 5.27. The molecule has 0 unspecified atom stereocenters. The number of benzene rings is 2. The van der Waals surface area contributed by atoms with E-state index in [0.717, 1.165) is 0 Å². The number of carbonyl (C=O) groups excluding carboxylic acids is 1. The van der Waals surface area contributed by atoms with E-state index in [0.29, 0.717) is 28.4 Å². The fourth-order valence-electron chi connectivity index (χ4n) is 2.31. The van der Waals surface area contributed by atoms with E-state index in [9.17, 15) is 14.9 Å². The summed E-state index contributed by atoms with van der Waals surface area (Å²) in [6.07, 6.45) is 1.35. The van der Waals surface area contributed by atoms with Crippen LogP contribution < -0.4 is 10.2 Å². The third-order valence-electron chi connectivity index (χ3n) is 3.68. The van der Waals surface area contributed by atoms with Crippen molar-refractivity contribution >= 4 is 17.8 Å². The van der Waals surface area contributed by atoms with Crippen LogP contribution in [0, 0.1) is 10.1 Å². The lowest BCUT2D eigenvalue weighted by Gasteiger charge is -2.01. The van der Waals surface area contributed by atoms with Gasteiger partial charge in [0.2, 0.25) is 0 Å². The van der Waals surface area contributed by atoms with Gasteiger partial charge in [0.15, 0.2) is 0 Å². The van der Waals surface area contributed by atoms with Gasteiger partial charge in [0.1, 0.15) is 17.3 Å². The molecule has 0 radical (unpaired) electrons. The Morgan fingerprint density at radius 3 is 2.67 bits per heavy atom. The lowest BCUT2D eigenvalue weighted by atomic mass is 10.1. The van der Waals surface area contributed by atoms with Gasteiger partial charge in [0, 0.05) is 23.3 Å². The molecule has 0 aliphatic rings. The monoisotopic (exact) mass is 365 g/mol. The van der Waals surface area contributed by atoms with Crippen molar-refractivity contribution < 1.29 is 18.9 Å². The van der Waals surface area contributed by atoms with Crippen LogP contribution >= 0.6 is 0 Å². The zero-order chi connectivity index (χ0) is 19.2. The molecular formula is C19H15N3O5. The second kappa shape index (κ2) is 7.96. The number of ether oxygens (including phenoxy) is 1. The first kappa shape index (κ1) is 17.9. The number of nitrogens with one attached hydrogen (secondary N) is 1. The van der Waals surface area contributed by atoms with E-state index in [-0.39, 0.29) is 11.6 Å². The molecule has 0 aliphatic carbocycles. The van der Waals surface area contributed by atoms with Gasteiger partial charge in [0.25, 0.3) is 11.6 Å². The topological polar surface area (TPSA) is 107 Å².